The Morgan fingerprint density at radius 3 is 2.05 bits per heavy atom. The maximum Gasteiger partial charge on any atom is 0.315 e. The van der Waals surface area contributed by atoms with Gasteiger partial charge in [0, 0.05) is 0 Å². The number of aliphatic hydroxyl groups excluding tert-OH is 13. The lowest BCUT2D eigenvalue weighted by molar-refractivity contribution is -0.504. The molecular formula is C53H86O23. The van der Waals surface area contributed by atoms with Gasteiger partial charge in [-0.1, -0.05) is 60.1 Å². The Kier molecular flexibility index (Phi) is 15.4. The summed E-state index contributed by atoms with van der Waals surface area (Å²) >= 11 is 0. The molecule has 0 aromatic carbocycles. The first kappa shape index (κ1) is 59.0. The van der Waals surface area contributed by atoms with Gasteiger partial charge in [0.05, 0.1) is 37.4 Å². The van der Waals surface area contributed by atoms with Crippen LogP contribution in [0, 0.1) is 50.2 Å². The molecule has 23 heteroatoms. The molecule has 4 saturated heterocycles. The van der Waals surface area contributed by atoms with Crippen LogP contribution in [0.25, 0.3) is 0 Å². The summed E-state index contributed by atoms with van der Waals surface area (Å²) in [6.07, 6.45) is -23.4. The van der Waals surface area contributed by atoms with Gasteiger partial charge in [0.15, 0.2) is 30.4 Å². The van der Waals surface area contributed by atoms with Crippen LogP contribution in [0.1, 0.15) is 120 Å². The smallest absolute Gasteiger partial charge is 0.315 e. The minimum atomic E-state index is -3.51. The summed E-state index contributed by atoms with van der Waals surface area (Å²) in [5, 5.41) is 166. The van der Waals surface area contributed by atoms with E-state index < -0.39 is 157 Å². The van der Waals surface area contributed by atoms with Crippen LogP contribution in [-0.4, -0.2) is 224 Å². The molecule has 0 bridgehead atoms. The third-order valence-electron chi connectivity index (χ3n) is 21.7. The monoisotopic (exact) mass is 1090 g/mol. The van der Waals surface area contributed by atoms with Crippen LogP contribution in [0.4, 0.5) is 0 Å². The largest absolute Gasteiger partial charge is 0.426 e. The van der Waals surface area contributed by atoms with E-state index in [1.807, 2.05) is 0 Å². The van der Waals surface area contributed by atoms with Crippen LogP contribution < -0.4 is 0 Å². The van der Waals surface area contributed by atoms with E-state index in [9.17, 15) is 76.6 Å². The van der Waals surface area contributed by atoms with Gasteiger partial charge in [-0.05, 0) is 116 Å². The molecule has 76 heavy (non-hydrogen) atoms. The second-order valence-corrected chi connectivity index (χ2v) is 26.4. The molecule has 4 saturated carbocycles. The van der Waals surface area contributed by atoms with Gasteiger partial charge in [-0.15, -0.1) is 0 Å². The first-order valence-electron chi connectivity index (χ1n) is 27.3. The average molecular weight is 1090 g/mol. The minimum absolute atomic E-state index is 0.165. The van der Waals surface area contributed by atoms with Crippen molar-refractivity contribution in [1.29, 1.82) is 0 Å². The first-order chi connectivity index (χ1) is 35.2. The zero-order valence-corrected chi connectivity index (χ0v) is 44.8. The molecule has 27 atom stereocenters. The summed E-state index contributed by atoms with van der Waals surface area (Å²) in [5.41, 5.74) is -5.47. The molecule has 0 aromatic heterocycles. The maximum absolute atomic E-state index is 15.9. The Balaban J connectivity index is 1.03. The molecule has 8 fully saturated rings. The highest BCUT2D eigenvalue weighted by Crippen LogP contribution is 2.76. The number of fused-ring (bicyclic) bond motifs is 7. The number of carbonyl (C=O) groups is 1. The van der Waals surface area contributed by atoms with Gasteiger partial charge in [0.1, 0.15) is 67.1 Å². The zero-order valence-electron chi connectivity index (χ0n) is 44.8. The zero-order chi connectivity index (χ0) is 56.1. The third kappa shape index (κ3) is 8.49. The number of carbonyl (C=O) groups excluding carboxylic acids is 1. The second-order valence-electron chi connectivity index (χ2n) is 26.4. The predicted molar refractivity (Wildman–Crippen MR) is 258 cm³/mol. The van der Waals surface area contributed by atoms with Crippen LogP contribution in [0.2, 0.25) is 0 Å². The highest BCUT2D eigenvalue weighted by atomic mass is 16.8. The van der Waals surface area contributed by atoms with Crippen LogP contribution >= 0.6 is 0 Å². The van der Waals surface area contributed by atoms with Gasteiger partial charge in [0.2, 0.25) is 0 Å². The third-order valence-corrected chi connectivity index (χ3v) is 21.7. The normalized spacial score (nSPS) is 56.0. The van der Waals surface area contributed by atoms with E-state index in [0.717, 1.165) is 24.8 Å². The summed E-state index contributed by atoms with van der Waals surface area (Å²) < 4.78 is 40.8. The van der Waals surface area contributed by atoms with Gasteiger partial charge >= 0.3 is 11.9 Å². The molecule has 9 rings (SSSR count). The molecule has 0 radical (unpaired) electrons. The Hall–Kier alpha value is -1.63. The lowest BCUT2D eigenvalue weighted by atomic mass is 9.33. The molecule has 5 aliphatic carbocycles. The molecule has 15 N–H and O–H groups in total. The fourth-order valence-corrected chi connectivity index (χ4v) is 16.7. The van der Waals surface area contributed by atoms with E-state index in [1.54, 1.807) is 0 Å². The summed E-state index contributed by atoms with van der Waals surface area (Å²) in [6.45, 7) is 14.3. The van der Waals surface area contributed by atoms with E-state index in [-0.39, 0.29) is 53.6 Å². The lowest BCUT2D eigenvalue weighted by Crippen LogP contribution is -2.85. The molecule has 23 nitrogen and oxygen atoms in total. The number of esters is 1. The van der Waals surface area contributed by atoms with Gasteiger partial charge in [-0.3, -0.25) is 4.79 Å². The van der Waals surface area contributed by atoms with E-state index >= 15 is 4.79 Å². The first-order valence-corrected chi connectivity index (χ1v) is 27.3. The number of allylic oxidation sites excluding steroid dienone is 2. The molecule has 0 amide bonds. The molecule has 4 heterocycles. The van der Waals surface area contributed by atoms with Crippen molar-refractivity contribution < 1.29 is 115 Å². The number of hydrogen-bond acceptors (Lipinski definition) is 23. The van der Waals surface area contributed by atoms with E-state index in [4.69, 9.17) is 33.2 Å². The molecular weight excluding hydrogens is 1000 g/mol. The predicted octanol–water partition coefficient (Wildman–Crippen LogP) is -2.34. The Bertz CT molecular complexity index is 2180. The standard InChI is InChI=1S/C53H86O23/c1-23-32(56)36(60)39(63)52(74-23,51(68)31(20-54)75-53(69,41(65)40(51)64)71-22-27-34(58)35(59)37(61)42(66)72-27)76-44(67)50-17-15-45(2,3)19-25(50)24-9-10-29-47(6)13-12-30(73-43-38(62)33(57)26(55)21-70-43)46(4,5)28(47)11-14-49(29,8)48(24,7)16-18-50/h9,23,25-43,54-66,68-69H,10-22H2,1-8H3. The topological polar surface area (TPSA) is 385 Å². The van der Waals surface area contributed by atoms with Crippen LogP contribution in [0.15, 0.2) is 11.6 Å². The number of rotatable bonds is 9. The van der Waals surface area contributed by atoms with Crippen molar-refractivity contribution in [2.75, 3.05) is 19.8 Å². The van der Waals surface area contributed by atoms with Crippen molar-refractivity contribution in [2.24, 2.45) is 50.2 Å². The average Bonchev–Trinajstić information content (AvgIpc) is 3.56. The fourth-order valence-electron chi connectivity index (χ4n) is 16.7. The molecule has 9 aliphatic rings. The van der Waals surface area contributed by atoms with Gasteiger partial charge < -0.3 is 110 Å². The lowest BCUT2D eigenvalue weighted by Gasteiger charge is -2.71. The van der Waals surface area contributed by atoms with Crippen LogP contribution in [-0.2, 0) is 38.0 Å². The van der Waals surface area contributed by atoms with Crippen molar-refractivity contribution in [3.8, 4) is 0 Å². The second kappa shape index (κ2) is 19.8. The summed E-state index contributed by atoms with van der Waals surface area (Å²) in [4.78, 5) is 15.9. The maximum atomic E-state index is 15.9. The minimum Gasteiger partial charge on any atom is -0.426 e. The number of ether oxygens (including phenoxy) is 7. The summed E-state index contributed by atoms with van der Waals surface area (Å²) in [7, 11) is 0. The number of hydrogen-bond donors (Lipinski definition) is 15. The van der Waals surface area contributed by atoms with Crippen molar-refractivity contribution in [2.45, 2.75) is 241 Å². The van der Waals surface area contributed by atoms with Crippen molar-refractivity contribution in [3.05, 3.63) is 11.6 Å². The summed E-state index contributed by atoms with van der Waals surface area (Å²) in [6, 6.07) is 0. The Labute approximate surface area is 442 Å². The molecule has 4 aliphatic heterocycles. The van der Waals surface area contributed by atoms with Gasteiger partial charge in [-0.2, -0.15) is 0 Å². The van der Waals surface area contributed by atoms with Crippen molar-refractivity contribution in [3.63, 3.8) is 0 Å². The van der Waals surface area contributed by atoms with E-state index in [1.165, 1.54) is 6.92 Å². The highest BCUT2D eigenvalue weighted by Gasteiger charge is 2.78. The Morgan fingerprint density at radius 1 is 0.711 bits per heavy atom. The molecule has 0 spiro atoms. The fraction of sp³-hybridized carbons (Fsp3) is 0.943. The highest BCUT2D eigenvalue weighted by molar-refractivity contribution is 5.79. The van der Waals surface area contributed by atoms with Crippen LogP contribution in [0.5, 0.6) is 0 Å². The van der Waals surface area contributed by atoms with Gasteiger partial charge in [0.25, 0.3) is 5.79 Å². The SMILES string of the molecule is CC1OC(OC(=O)C23CCC(C)(C)CC2C2=CCC4C5(C)CCC(OC6OCC(O)C(O)C6O)C(C)(C)C5CCC4(C)C2(C)CC3)(C2(O)C(CO)OC(O)(OCC3OC(O)C(O)C(O)C3O)C(O)C2O)C(O)C(O)C1O. The molecule has 436 valence electrons. The van der Waals surface area contributed by atoms with E-state index in [2.05, 4.69) is 54.5 Å². The summed E-state index contributed by atoms with van der Waals surface area (Å²) in [5.74, 6) is -7.95. The molecule has 0 aromatic rings. The number of aliphatic hydroxyl groups is 15. The van der Waals surface area contributed by atoms with Gasteiger partial charge in [-0.25, -0.2) is 0 Å². The van der Waals surface area contributed by atoms with Crippen molar-refractivity contribution in [1.82, 2.24) is 0 Å². The van der Waals surface area contributed by atoms with Crippen LogP contribution in [0.3, 0.4) is 0 Å². The van der Waals surface area contributed by atoms with Crippen molar-refractivity contribution >= 4 is 5.97 Å². The quantitative estimate of drug-likeness (QED) is 0.0498. The Morgan fingerprint density at radius 2 is 1.38 bits per heavy atom. The molecule has 27 unspecified atom stereocenters. The van der Waals surface area contributed by atoms with E-state index in [0.29, 0.717) is 32.1 Å².